The van der Waals surface area contributed by atoms with E-state index in [1.807, 2.05) is 30.3 Å². The van der Waals surface area contributed by atoms with Crippen molar-refractivity contribution in [2.45, 2.75) is 0 Å². The molecule has 3 aromatic carbocycles. The molecule has 0 bridgehead atoms. The largest absolute Gasteiger partial charge is 0.497 e. The summed E-state index contributed by atoms with van der Waals surface area (Å²) in [5, 5.41) is 10.9. The predicted molar refractivity (Wildman–Crippen MR) is 107 cm³/mol. The molecule has 0 saturated heterocycles. The molecule has 1 amide bonds. The normalized spacial score (nSPS) is 9.75. The van der Waals surface area contributed by atoms with Gasteiger partial charge in [-0.05, 0) is 48.5 Å². The average molecular weight is 372 g/mol. The predicted octanol–water partition coefficient (Wildman–Crippen LogP) is 4.32. The Morgan fingerprint density at radius 1 is 0.929 bits per heavy atom. The lowest BCUT2D eigenvalue weighted by Crippen LogP contribution is -2.24. The van der Waals surface area contributed by atoms with Crippen LogP contribution in [0.2, 0.25) is 0 Å². The zero-order chi connectivity index (χ0) is 19.9. The second-order valence-corrected chi connectivity index (χ2v) is 5.73. The van der Waals surface area contributed by atoms with Crippen LogP contribution in [-0.4, -0.2) is 17.9 Å². The van der Waals surface area contributed by atoms with Crippen molar-refractivity contribution < 1.29 is 14.5 Å². The van der Waals surface area contributed by atoms with Crippen LogP contribution in [0.5, 0.6) is 5.75 Å². The summed E-state index contributed by atoms with van der Waals surface area (Å²) in [6.07, 6.45) is 0. The van der Waals surface area contributed by atoms with Gasteiger partial charge >= 0.3 is 5.91 Å². The number of nitrogens with zero attached hydrogens (tertiary/aromatic N) is 2. The number of ether oxygens (including phenoxy) is 1. The summed E-state index contributed by atoms with van der Waals surface area (Å²) < 4.78 is 5.16. The summed E-state index contributed by atoms with van der Waals surface area (Å²) in [6.45, 7) is 0. The number of nitro benzene ring substituents is 1. The van der Waals surface area contributed by atoms with Crippen molar-refractivity contribution >= 4 is 23.0 Å². The van der Waals surface area contributed by atoms with E-state index < -0.39 is 10.8 Å². The molecule has 0 unspecified atom stereocenters. The second-order valence-electron chi connectivity index (χ2n) is 5.73. The van der Waals surface area contributed by atoms with Crippen molar-refractivity contribution in [2.24, 2.45) is 0 Å². The number of non-ortho nitro benzene ring substituents is 1. The fourth-order valence-corrected chi connectivity index (χ4v) is 2.54. The molecule has 0 aliphatic carbocycles. The Bertz CT molecular complexity index is 1030. The molecule has 0 spiro atoms. The van der Waals surface area contributed by atoms with Gasteiger partial charge in [-0.25, -0.2) is 0 Å². The molecule has 0 aliphatic rings. The summed E-state index contributed by atoms with van der Waals surface area (Å²) in [6, 6.07) is 21.8. The molecule has 6 nitrogen and oxygen atoms in total. The van der Waals surface area contributed by atoms with Crippen LogP contribution in [0.1, 0.15) is 5.56 Å². The monoisotopic (exact) mass is 372 g/mol. The number of hydrogen-bond acceptors (Lipinski definition) is 4. The van der Waals surface area contributed by atoms with Crippen molar-refractivity contribution in [3.05, 3.63) is 94.5 Å². The highest BCUT2D eigenvalue weighted by Crippen LogP contribution is 2.28. The molecular weight excluding hydrogens is 356 g/mol. The third-order valence-electron chi connectivity index (χ3n) is 3.94. The minimum atomic E-state index is -0.488. The Kier molecular flexibility index (Phi) is 5.68. The van der Waals surface area contributed by atoms with Crippen LogP contribution in [0.15, 0.2) is 78.9 Å². The van der Waals surface area contributed by atoms with Gasteiger partial charge in [0.2, 0.25) is 0 Å². The van der Waals surface area contributed by atoms with E-state index in [0.717, 1.165) is 0 Å². The maximum atomic E-state index is 12.9. The second kappa shape index (κ2) is 8.52. The molecule has 3 aromatic rings. The molecule has 0 fully saturated rings. The summed E-state index contributed by atoms with van der Waals surface area (Å²) >= 11 is 0. The van der Waals surface area contributed by atoms with E-state index in [0.29, 0.717) is 22.7 Å². The van der Waals surface area contributed by atoms with Gasteiger partial charge in [-0.3, -0.25) is 19.8 Å². The first-order chi connectivity index (χ1) is 13.6. The smallest absolute Gasteiger partial charge is 0.307 e. The van der Waals surface area contributed by atoms with E-state index in [4.69, 9.17) is 4.74 Å². The van der Waals surface area contributed by atoms with Crippen molar-refractivity contribution in [1.29, 1.82) is 0 Å². The minimum absolute atomic E-state index is 0.0544. The number of carbonyl (C=O) groups excluding carboxylic acids is 1. The van der Waals surface area contributed by atoms with Crippen molar-refractivity contribution in [3.8, 4) is 17.6 Å². The highest BCUT2D eigenvalue weighted by Gasteiger charge is 2.18. The SMILES string of the molecule is COc1ccc(N(C(=O)C#Cc2ccccc2)c2ccc([N+](=O)[O-])cc2)cc1. The minimum Gasteiger partial charge on any atom is -0.497 e. The van der Waals surface area contributed by atoms with Gasteiger partial charge < -0.3 is 4.74 Å². The average Bonchev–Trinajstić information content (AvgIpc) is 2.74. The van der Waals surface area contributed by atoms with Gasteiger partial charge in [-0.2, -0.15) is 0 Å². The molecule has 0 atom stereocenters. The molecule has 0 radical (unpaired) electrons. The Balaban J connectivity index is 1.99. The van der Waals surface area contributed by atoms with E-state index in [-0.39, 0.29) is 5.69 Å². The third kappa shape index (κ3) is 4.34. The Hall–Kier alpha value is -4.11. The van der Waals surface area contributed by atoms with Crippen LogP contribution in [-0.2, 0) is 4.79 Å². The van der Waals surface area contributed by atoms with Gasteiger partial charge in [0.1, 0.15) is 5.75 Å². The lowest BCUT2D eigenvalue weighted by molar-refractivity contribution is -0.384. The number of methoxy groups -OCH3 is 1. The Morgan fingerprint density at radius 2 is 1.50 bits per heavy atom. The lowest BCUT2D eigenvalue weighted by Gasteiger charge is -2.20. The first-order valence-corrected chi connectivity index (χ1v) is 8.38. The van der Waals surface area contributed by atoms with Gasteiger partial charge in [0.05, 0.1) is 23.4 Å². The summed E-state index contributed by atoms with van der Waals surface area (Å²) in [5.41, 5.74) is 1.71. The van der Waals surface area contributed by atoms with Gasteiger partial charge in [0.25, 0.3) is 5.69 Å². The van der Waals surface area contributed by atoms with Crippen LogP contribution < -0.4 is 9.64 Å². The fourth-order valence-electron chi connectivity index (χ4n) is 2.54. The number of anilines is 2. The number of carbonyl (C=O) groups is 1. The Labute approximate surface area is 162 Å². The molecule has 6 heteroatoms. The number of hydrogen-bond donors (Lipinski definition) is 0. The van der Waals surface area contributed by atoms with Crippen molar-refractivity contribution in [2.75, 3.05) is 12.0 Å². The van der Waals surface area contributed by atoms with Gasteiger partial charge in [0.15, 0.2) is 0 Å². The highest BCUT2D eigenvalue weighted by atomic mass is 16.6. The van der Waals surface area contributed by atoms with Crippen LogP contribution in [0.4, 0.5) is 17.1 Å². The molecule has 0 saturated carbocycles. The number of amides is 1. The van der Waals surface area contributed by atoms with E-state index in [9.17, 15) is 14.9 Å². The lowest BCUT2D eigenvalue weighted by atomic mass is 10.2. The molecule has 0 aliphatic heterocycles. The van der Waals surface area contributed by atoms with Gasteiger partial charge in [-0.15, -0.1) is 0 Å². The number of rotatable bonds is 4. The van der Waals surface area contributed by atoms with E-state index in [1.165, 1.54) is 29.2 Å². The van der Waals surface area contributed by atoms with Crippen molar-refractivity contribution in [1.82, 2.24) is 0 Å². The first kappa shape index (κ1) is 18.7. The first-order valence-electron chi connectivity index (χ1n) is 8.38. The zero-order valence-corrected chi connectivity index (χ0v) is 15.0. The van der Waals surface area contributed by atoms with Crippen molar-refractivity contribution in [3.63, 3.8) is 0 Å². The summed E-state index contributed by atoms with van der Waals surface area (Å²) in [5.74, 6) is 5.67. The van der Waals surface area contributed by atoms with Gasteiger partial charge in [0, 0.05) is 23.6 Å². The topological polar surface area (TPSA) is 72.7 Å². The standard InChI is InChI=1S/C22H16N2O4/c1-28-21-14-12-19(13-15-21)23(18-8-10-20(11-9-18)24(26)27)22(25)16-7-17-5-3-2-4-6-17/h2-6,8-15H,1H3. The highest BCUT2D eigenvalue weighted by molar-refractivity contribution is 6.11. The fraction of sp³-hybridized carbons (Fsp3) is 0.0455. The third-order valence-corrected chi connectivity index (χ3v) is 3.94. The van der Waals surface area contributed by atoms with E-state index >= 15 is 0 Å². The van der Waals surface area contributed by atoms with Crippen LogP contribution in [0, 0.1) is 22.0 Å². The molecular formula is C22H16N2O4. The molecule has 0 heterocycles. The maximum Gasteiger partial charge on any atom is 0.307 e. The van der Waals surface area contributed by atoms with Gasteiger partial charge in [-0.1, -0.05) is 24.1 Å². The maximum absolute atomic E-state index is 12.9. The van der Waals surface area contributed by atoms with Crippen LogP contribution >= 0.6 is 0 Å². The Morgan fingerprint density at radius 3 is 2.04 bits per heavy atom. The van der Waals surface area contributed by atoms with Crippen LogP contribution in [0.3, 0.4) is 0 Å². The number of benzene rings is 3. The zero-order valence-electron chi connectivity index (χ0n) is 15.0. The molecule has 0 N–H and O–H groups in total. The summed E-state index contributed by atoms with van der Waals surface area (Å²) in [4.78, 5) is 24.7. The quantitative estimate of drug-likeness (QED) is 0.388. The molecule has 3 rings (SSSR count). The molecule has 138 valence electrons. The van der Waals surface area contributed by atoms with Crippen LogP contribution in [0.25, 0.3) is 0 Å². The van der Waals surface area contributed by atoms with E-state index in [2.05, 4.69) is 11.8 Å². The number of nitro groups is 1. The molecule has 28 heavy (non-hydrogen) atoms. The molecule has 0 aromatic heterocycles. The van der Waals surface area contributed by atoms with E-state index in [1.54, 1.807) is 31.4 Å². The summed E-state index contributed by atoms with van der Waals surface area (Å²) in [7, 11) is 1.56.